The molecule has 0 radical (unpaired) electrons. The number of ketones is 1. The summed E-state index contributed by atoms with van der Waals surface area (Å²) in [5.74, 6) is -1.34. The van der Waals surface area contributed by atoms with E-state index in [1.807, 2.05) is 0 Å². The van der Waals surface area contributed by atoms with Gasteiger partial charge in [-0.05, 0) is 69.2 Å². The second-order valence-corrected chi connectivity index (χ2v) is 10.3. The minimum Gasteiger partial charge on any atom is -0.481 e. The van der Waals surface area contributed by atoms with Crippen LogP contribution in [0.2, 0.25) is 0 Å². The maximum absolute atomic E-state index is 13.0. The van der Waals surface area contributed by atoms with Crippen LogP contribution in [0.15, 0.2) is 29.2 Å². The molecule has 7 nitrogen and oxygen atoms in total. The van der Waals surface area contributed by atoms with Crippen LogP contribution in [0.1, 0.15) is 55.3 Å². The van der Waals surface area contributed by atoms with E-state index in [1.54, 1.807) is 12.1 Å². The molecule has 2 fully saturated rings. The van der Waals surface area contributed by atoms with E-state index in [1.165, 1.54) is 25.0 Å². The van der Waals surface area contributed by atoms with Gasteiger partial charge in [0.15, 0.2) is 15.6 Å². The summed E-state index contributed by atoms with van der Waals surface area (Å²) in [6.07, 6.45) is 6.08. The number of aliphatic carboxylic acids is 1. The van der Waals surface area contributed by atoms with Gasteiger partial charge in [-0.25, -0.2) is 8.42 Å². The van der Waals surface area contributed by atoms with Gasteiger partial charge < -0.3 is 15.7 Å². The van der Waals surface area contributed by atoms with Crippen LogP contribution in [0.5, 0.6) is 0 Å². The molecule has 3 N–H and O–H groups in total. The Hall–Kier alpha value is -1.77. The number of hydrogen-bond donors (Lipinski definition) is 3. The quantitative estimate of drug-likeness (QED) is 0.435. The van der Waals surface area contributed by atoms with Crippen LogP contribution in [0.25, 0.3) is 0 Å². The van der Waals surface area contributed by atoms with Crippen molar-refractivity contribution in [1.29, 1.82) is 0 Å². The first-order valence-corrected chi connectivity index (χ1v) is 12.0. The van der Waals surface area contributed by atoms with Crippen LogP contribution in [0, 0.1) is 11.3 Å². The van der Waals surface area contributed by atoms with Gasteiger partial charge in [0, 0.05) is 18.0 Å². The zero-order valence-corrected chi connectivity index (χ0v) is 17.5. The van der Waals surface area contributed by atoms with Crippen molar-refractivity contribution >= 4 is 21.6 Å². The van der Waals surface area contributed by atoms with Gasteiger partial charge >= 0.3 is 5.97 Å². The van der Waals surface area contributed by atoms with E-state index in [2.05, 4.69) is 10.6 Å². The molecule has 1 saturated heterocycles. The molecule has 8 heteroatoms. The Morgan fingerprint density at radius 3 is 2.48 bits per heavy atom. The van der Waals surface area contributed by atoms with Crippen molar-refractivity contribution in [3.05, 3.63) is 29.8 Å². The fourth-order valence-electron chi connectivity index (χ4n) is 4.51. The first kappa shape index (κ1) is 21.9. The summed E-state index contributed by atoms with van der Waals surface area (Å²) in [5.41, 5.74) is 0.831. The summed E-state index contributed by atoms with van der Waals surface area (Å²) >= 11 is 0. The molecule has 1 heterocycles. The highest BCUT2D eigenvalue weighted by atomic mass is 32.2. The smallest absolute Gasteiger partial charge is 0.304 e. The van der Waals surface area contributed by atoms with E-state index < -0.39 is 15.8 Å². The maximum Gasteiger partial charge on any atom is 0.304 e. The normalized spacial score (nSPS) is 19.9. The maximum atomic E-state index is 13.0. The van der Waals surface area contributed by atoms with Gasteiger partial charge in [0.25, 0.3) is 0 Å². The number of carbonyl (C=O) groups excluding carboxylic acids is 1. The standard InChI is InChI=1S/C21H30N2O5S/c24-19(25)6-11-23-15-29(27,28)18-3-1-2-17(14-18)20(26)16-4-7-21(8-5-16)9-12-22-13-10-21/h1-3,14,16,22-23H,4-13,15H2,(H,24,25). The molecular formula is C21H30N2O5S. The van der Waals surface area contributed by atoms with Crippen LogP contribution in [0.4, 0.5) is 0 Å². The van der Waals surface area contributed by atoms with Crippen LogP contribution < -0.4 is 10.6 Å². The summed E-state index contributed by atoms with van der Waals surface area (Å²) < 4.78 is 25.0. The van der Waals surface area contributed by atoms with Gasteiger partial charge in [-0.15, -0.1) is 0 Å². The lowest BCUT2D eigenvalue weighted by Crippen LogP contribution is -2.40. The largest absolute Gasteiger partial charge is 0.481 e. The first-order valence-electron chi connectivity index (χ1n) is 10.3. The van der Waals surface area contributed by atoms with Crippen LogP contribution in [-0.4, -0.2) is 50.8 Å². The van der Waals surface area contributed by atoms with Gasteiger partial charge in [-0.1, -0.05) is 12.1 Å². The minimum atomic E-state index is -3.63. The van der Waals surface area contributed by atoms with Crippen LogP contribution in [-0.2, 0) is 14.6 Å². The molecule has 0 amide bonds. The number of nitrogens with one attached hydrogen (secondary N) is 2. The fourth-order valence-corrected chi connectivity index (χ4v) is 5.69. The third-order valence-electron chi connectivity index (χ3n) is 6.37. The molecule has 0 bridgehead atoms. The number of hydrogen-bond acceptors (Lipinski definition) is 6. The van der Waals surface area contributed by atoms with Crippen molar-refractivity contribution in [1.82, 2.24) is 10.6 Å². The summed E-state index contributed by atoms with van der Waals surface area (Å²) in [4.78, 5) is 23.6. The molecule has 3 rings (SSSR count). The van der Waals surface area contributed by atoms with E-state index in [0.717, 1.165) is 38.8 Å². The molecule has 1 aliphatic carbocycles. The third kappa shape index (κ3) is 5.65. The van der Waals surface area contributed by atoms with Gasteiger partial charge in [0.1, 0.15) is 5.88 Å². The Labute approximate surface area is 172 Å². The number of benzene rings is 1. The predicted molar refractivity (Wildman–Crippen MR) is 110 cm³/mol. The number of Topliss-reactive ketones (excluding diaryl/α,β-unsaturated/α-hetero) is 1. The Bertz CT molecular complexity index is 836. The Morgan fingerprint density at radius 2 is 1.83 bits per heavy atom. The molecule has 2 aliphatic rings. The van der Waals surface area contributed by atoms with Crippen molar-refractivity contribution in [2.45, 2.75) is 49.8 Å². The van der Waals surface area contributed by atoms with Gasteiger partial charge in [-0.2, -0.15) is 0 Å². The van der Waals surface area contributed by atoms with E-state index in [0.29, 0.717) is 11.0 Å². The highest BCUT2D eigenvalue weighted by Gasteiger charge is 2.38. The number of piperidine rings is 1. The summed E-state index contributed by atoms with van der Waals surface area (Å²) in [6.45, 7) is 2.19. The molecule has 1 aromatic rings. The Kier molecular flexibility index (Phi) is 7.08. The molecule has 1 aliphatic heterocycles. The lowest BCUT2D eigenvalue weighted by Gasteiger charge is -2.42. The summed E-state index contributed by atoms with van der Waals surface area (Å²) in [7, 11) is -3.63. The Morgan fingerprint density at radius 1 is 1.14 bits per heavy atom. The molecule has 0 atom stereocenters. The number of carboxylic acid groups (broad SMARTS) is 1. The van der Waals surface area contributed by atoms with Crippen LogP contribution in [0.3, 0.4) is 0 Å². The molecule has 1 saturated carbocycles. The van der Waals surface area contributed by atoms with Gasteiger partial charge in [0.2, 0.25) is 0 Å². The zero-order chi connectivity index (χ0) is 20.9. The molecule has 0 unspecified atom stereocenters. The average molecular weight is 423 g/mol. The fraction of sp³-hybridized carbons (Fsp3) is 0.619. The molecule has 0 aromatic heterocycles. The van der Waals surface area contributed by atoms with Crippen molar-refractivity contribution in [2.24, 2.45) is 11.3 Å². The highest BCUT2D eigenvalue weighted by Crippen LogP contribution is 2.45. The minimum absolute atomic E-state index is 0.0321. The number of carboxylic acids is 1. The molecule has 1 spiro atoms. The zero-order valence-electron chi connectivity index (χ0n) is 16.7. The SMILES string of the molecule is O=C(O)CCNCS(=O)(=O)c1cccc(C(=O)C2CCC3(CCNCC3)CC2)c1. The monoisotopic (exact) mass is 422 g/mol. The lowest BCUT2D eigenvalue weighted by atomic mass is 9.65. The summed E-state index contributed by atoms with van der Waals surface area (Å²) in [6, 6.07) is 6.24. The van der Waals surface area contributed by atoms with E-state index in [4.69, 9.17) is 5.11 Å². The van der Waals surface area contributed by atoms with Crippen molar-refractivity contribution in [2.75, 3.05) is 25.5 Å². The van der Waals surface area contributed by atoms with E-state index in [9.17, 15) is 18.0 Å². The third-order valence-corrected chi connectivity index (χ3v) is 7.92. The summed E-state index contributed by atoms with van der Waals surface area (Å²) in [5, 5.41) is 14.7. The van der Waals surface area contributed by atoms with E-state index >= 15 is 0 Å². The first-order chi connectivity index (χ1) is 13.8. The predicted octanol–water partition coefficient (Wildman–Crippen LogP) is 2.22. The van der Waals surface area contributed by atoms with Crippen molar-refractivity contribution < 1.29 is 23.1 Å². The Balaban J connectivity index is 1.61. The van der Waals surface area contributed by atoms with Crippen LogP contribution >= 0.6 is 0 Å². The number of sulfone groups is 1. The number of rotatable bonds is 8. The second-order valence-electron chi connectivity index (χ2n) is 8.32. The van der Waals surface area contributed by atoms with E-state index in [-0.39, 0.29) is 35.4 Å². The second kappa shape index (κ2) is 9.36. The lowest BCUT2D eigenvalue weighted by molar-refractivity contribution is -0.136. The van der Waals surface area contributed by atoms with Gasteiger partial charge in [0.05, 0.1) is 11.3 Å². The average Bonchev–Trinajstić information content (AvgIpc) is 2.72. The highest BCUT2D eigenvalue weighted by molar-refractivity contribution is 7.91. The number of carbonyl (C=O) groups is 2. The van der Waals surface area contributed by atoms with Gasteiger partial charge in [-0.3, -0.25) is 9.59 Å². The van der Waals surface area contributed by atoms with Crippen molar-refractivity contribution in [3.63, 3.8) is 0 Å². The topological polar surface area (TPSA) is 113 Å². The molecular weight excluding hydrogens is 392 g/mol. The molecule has 160 valence electrons. The molecule has 29 heavy (non-hydrogen) atoms. The molecule has 1 aromatic carbocycles. The van der Waals surface area contributed by atoms with Crippen molar-refractivity contribution in [3.8, 4) is 0 Å².